The highest BCUT2D eigenvalue weighted by Crippen LogP contribution is 2.20. The highest BCUT2D eigenvalue weighted by molar-refractivity contribution is 5.86. The number of carbonyl (C=O) groups is 2. The number of aromatic carboxylic acids is 1. The van der Waals surface area contributed by atoms with Crippen LogP contribution in [0.5, 0.6) is 0 Å². The molecule has 26 heavy (non-hydrogen) atoms. The van der Waals surface area contributed by atoms with Gasteiger partial charge in [0.1, 0.15) is 5.69 Å². The average Bonchev–Trinajstić information content (AvgIpc) is 3.05. The fraction of sp³-hybridized carbons (Fsp3) is 0.421. The first-order valence-corrected chi connectivity index (χ1v) is 8.89. The third-order valence-electron chi connectivity index (χ3n) is 4.86. The van der Waals surface area contributed by atoms with Crippen LogP contribution in [0.25, 0.3) is 0 Å². The lowest BCUT2D eigenvalue weighted by Gasteiger charge is -2.31. The normalized spacial score (nSPS) is 18.7. The zero-order chi connectivity index (χ0) is 18.5. The molecule has 1 amide bonds. The number of carboxylic acids is 1. The number of benzene rings is 1. The summed E-state index contributed by atoms with van der Waals surface area (Å²) in [5.41, 5.74) is 1.89. The Bertz CT molecular complexity index is 759. The second kappa shape index (κ2) is 8.14. The van der Waals surface area contributed by atoms with Gasteiger partial charge in [-0.25, -0.2) is 4.79 Å². The molecule has 2 N–H and O–H groups in total. The molecule has 7 heteroatoms. The van der Waals surface area contributed by atoms with Gasteiger partial charge < -0.3 is 10.0 Å². The van der Waals surface area contributed by atoms with Crippen molar-refractivity contribution in [3.8, 4) is 0 Å². The molecule has 1 aromatic carbocycles. The molecule has 2 heterocycles. The molecule has 1 atom stereocenters. The van der Waals surface area contributed by atoms with Crippen molar-refractivity contribution in [1.29, 1.82) is 0 Å². The number of carboxylic acid groups (broad SMARTS) is 1. The quantitative estimate of drug-likeness (QED) is 0.827. The molecule has 1 unspecified atom stereocenters. The van der Waals surface area contributed by atoms with E-state index in [1.807, 2.05) is 35.2 Å². The van der Waals surface area contributed by atoms with Gasteiger partial charge in [0.2, 0.25) is 5.91 Å². The topological polar surface area (TPSA) is 89.5 Å². The smallest absolute Gasteiger partial charge is 0.354 e. The molecule has 2 aromatic rings. The number of hydrogen-bond acceptors (Lipinski definition) is 4. The van der Waals surface area contributed by atoms with Crippen molar-refractivity contribution < 1.29 is 14.7 Å². The number of aromatic amines is 1. The fourth-order valence-electron chi connectivity index (χ4n) is 3.44. The Morgan fingerprint density at radius 2 is 2.08 bits per heavy atom. The molecular weight excluding hydrogens is 332 g/mol. The molecule has 0 aliphatic carbocycles. The zero-order valence-electron chi connectivity index (χ0n) is 14.9. The number of rotatable bonds is 6. The van der Waals surface area contributed by atoms with Gasteiger partial charge in [0.15, 0.2) is 0 Å². The van der Waals surface area contributed by atoms with Gasteiger partial charge in [-0.05, 0) is 12.0 Å². The summed E-state index contributed by atoms with van der Waals surface area (Å²) in [5.74, 6) is -0.866. The number of hydrogen-bond donors (Lipinski definition) is 2. The highest BCUT2D eigenvalue weighted by Gasteiger charge is 2.29. The Hall–Kier alpha value is -2.67. The Morgan fingerprint density at radius 1 is 1.31 bits per heavy atom. The molecule has 7 nitrogen and oxygen atoms in total. The van der Waals surface area contributed by atoms with Gasteiger partial charge in [0.05, 0.1) is 6.20 Å². The first-order valence-electron chi connectivity index (χ1n) is 8.89. The van der Waals surface area contributed by atoms with Crippen molar-refractivity contribution in [3.63, 3.8) is 0 Å². The van der Waals surface area contributed by atoms with Crippen molar-refractivity contribution in [2.45, 2.75) is 38.9 Å². The number of carbonyl (C=O) groups excluding carboxylic acids is 1. The number of nitrogens with zero attached hydrogens (tertiary/aromatic N) is 3. The average molecular weight is 356 g/mol. The molecule has 1 aromatic heterocycles. The second-order valence-corrected chi connectivity index (χ2v) is 6.63. The summed E-state index contributed by atoms with van der Waals surface area (Å²) in [7, 11) is 0. The van der Waals surface area contributed by atoms with E-state index in [0.717, 1.165) is 18.5 Å². The maximum absolute atomic E-state index is 12.7. The Balaban J connectivity index is 1.73. The lowest BCUT2D eigenvalue weighted by Crippen LogP contribution is -2.42. The molecular formula is C19H24N4O3. The molecule has 0 spiro atoms. The summed E-state index contributed by atoms with van der Waals surface area (Å²) in [6.07, 6.45) is 2.84. The maximum atomic E-state index is 12.7. The lowest BCUT2D eigenvalue weighted by molar-refractivity contribution is -0.133. The van der Waals surface area contributed by atoms with Gasteiger partial charge in [-0.15, -0.1) is 0 Å². The Labute approximate surface area is 152 Å². The molecule has 0 radical (unpaired) electrons. The molecule has 1 aliphatic heterocycles. The van der Waals surface area contributed by atoms with E-state index in [2.05, 4.69) is 22.0 Å². The van der Waals surface area contributed by atoms with Crippen molar-refractivity contribution in [2.24, 2.45) is 0 Å². The fourth-order valence-corrected chi connectivity index (χ4v) is 3.44. The minimum atomic E-state index is -1.01. The van der Waals surface area contributed by atoms with E-state index >= 15 is 0 Å². The molecule has 0 bridgehead atoms. The number of nitrogens with one attached hydrogen (secondary N) is 1. The van der Waals surface area contributed by atoms with E-state index in [1.165, 1.54) is 0 Å². The summed E-state index contributed by atoms with van der Waals surface area (Å²) >= 11 is 0. The summed E-state index contributed by atoms with van der Waals surface area (Å²) in [6, 6.07) is 10.1. The number of aromatic nitrogens is 2. The highest BCUT2D eigenvalue weighted by atomic mass is 16.4. The predicted octanol–water partition coefficient (Wildman–Crippen LogP) is 2.12. The van der Waals surface area contributed by atoms with Gasteiger partial charge in [0.25, 0.3) is 0 Å². The minimum absolute atomic E-state index is 0.102. The third kappa shape index (κ3) is 4.11. The largest absolute Gasteiger partial charge is 0.477 e. The van der Waals surface area contributed by atoms with Crippen LogP contribution in [0, 0.1) is 0 Å². The first kappa shape index (κ1) is 18.1. The van der Waals surface area contributed by atoms with Gasteiger partial charge in [0, 0.05) is 44.2 Å². The standard InChI is InChI=1S/C19H24N4O3/c1-2-16-13-22(12-15-10-20-21-18(15)19(25)26)9-8-17(24)23(16)11-14-6-4-3-5-7-14/h3-7,10,16H,2,8-9,11-13H2,1H3,(H,20,21)(H,25,26). The van der Waals surface area contributed by atoms with E-state index < -0.39 is 5.97 Å². The van der Waals surface area contributed by atoms with Gasteiger partial charge >= 0.3 is 5.97 Å². The zero-order valence-corrected chi connectivity index (χ0v) is 14.9. The number of amides is 1. The SMILES string of the molecule is CCC1CN(Cc2cn[nH]c2C(=O)O)CCC(=O)N1Cc1ccccc1. The summed E-state index contributed by atoms with van der Waals surface area (Å²) < 4.78 is 0. The van der Waals surface area contributed by atoms with E-state index in [4.69, 9.17) is 0 Å². The van der Waals surface area contributed by atoms with Crippen molar-refractivity contribution in [1.82, 2.24) is 20.0 Å². The second-order valence-electron chi connectivity index (χ2n) is 6.63. The minimum Gasteiger partial charge on any atom is -0.477 e. The molecule has 1 saturated heterocycles. The van der Waals surface area contributed by atoms with Crippen LogP contribution in [-0.2, 0) is 17.9 Å². The monoisotopic (exact) mass is 356 g/mol. The van der Waals surface area contributed by atoms with E-state index in [9.17, 15) is 14.7 Å². The van der Waals surface area contributed by atoms with Gasteiger partial charge in [-0.2, -0.15) is 5.10 Å². The summed E-state index contributed by atoms with van der Waals surface area (Å²) in [6.45, 7) is 4.50. The van der Waals surface area contributed by atoms with Crippen LogP contribution in [0.4, 0.5) is 0 Å². The maximum Gasteiger partial charge on any atom is 0.354 e. The van der Waals surface area contributed by atoms with E-state index in [-0.39, 0.29) is 17.6 Å². The summed E-state index contributed by atoms with van der Waals surface area (Å²) in [4.78, 5) is 28.1. The summed E-state index contributed by atoms with van der Waals surface area (Å²) in [5, 5.41) is 15.6. The lowest BCUT2D eigenvalue weighted by atomic mass is 10.1. The van der Waals surface area contributed by atoms with E-state index in [0.29, 0.717) is 31.6 Å². The van der Waals surface area contributed by atoms with Gasteiger partial charge in [-0.3, -0.25) is 14.8 Å². The molecule has 138 valence electrons. The van der Waals surface area contributed by atoms with Crippen LogP contribution in [-0.4, -0.2) is 56.1 Å². The third-order valence-corrected chi connectivity index (χ3v) is 4.86. The van der Waals surface area contributed by atoms with Crippen LogP contribution in [0.1, 0.15) is 41.4 Å². The Morgan fingerprint density at radius 3 is 2.77 bits per heavy atom. The van der Waals surface area contributed by atoms with Crippen LogP contribution in [0.15, 0.2) is 36.5 Å². The Kier molecular flexibility index (Phi) is 5.68. The van der Waals surface area contributed by atoms with Gasteiger partial charge in [-0.1, -0.05) is 37.3 Å². The van der Waals surface area contributed by atoms with Crippen molar-refractivity contribution in [3.05, 3.63) is 53.3 Å². The molecule has 3 rings (SSSR count). The van der Waals surface area contributed by atoms with Crippen LogP contribution < -0.4 is 0 Å². The van der Waals surface area contributed by atoms with E-state index in [1.54, 1.807) is 6.20 Å². The predicted molar refractivity (Wildman–Crippen MR) is 96.5 cm³/mol. The first-order chi connectivity index (χ1) is 12.6. The van der Waals surface area contributed by atoms with Crippen LogP contribution in [0.3, 0.4) is 0 Å². The van der Waals surface area contributed by atoms with Crippen molar-refractivity contribution in [2.75, 3.05) is 13.1 Å². The number of H-pyrrole nitrogens is 1. The van der Waals surface area contributed by atoms with Crippen LogP contribution >= 0.6 is 0 Å². The molecule has 0 saturated carbocycles. The molecule has 1 fully saturated rings. The van der Waals surface area contributed by atoms with Crippen LogP contribution in [0.2, 0.25) is 0 Å². The van der Waals surface area contributed by atoms with Crippen molar-refractivity contribution >= 4 is 11.9 Å². The molecule has 1 aliphatic rings.